The topological polar surface area (TPSA) is 97.6 Å². The Kier molecular flexibility index (Phi) is 5.18. The van der Waals surface area contributed by atoms with Gasteiger partial charge in [-0.2, -0.15) is 0 Å². The van der Waals surface area contributed by atoms with Crippen LogP contribution in [0.3, 0.4) is 0 Å². The van der Waals surface area contributed by atoms with E-state index in [-0.39, 0.29) is 30.2 Å². The van der Waals surface area contributed by atoms with E-state index in [1.807, 2.05) is 0 Å². The lowest BCUT2D eigenvalue weighted by atomic mass is 10.1. The Labute approximate surface area is 171 Å². The minimum absolute atomic E-state index is 0.0155. The molecule has 148 valence electrons. The van der Waals surface area contributed by atoms with E-state index in [1.165, 1.54) is 0 Å². The van der Waals surface area contributed by atoms with Gasteiger partial charge in [0.25, 0.3) is 5.91 Å². The molecule has 1 aliphatic rings. The fourth-order valence-corrected chi connectivity index (χ4v) is 3.23. The molecule has 2 heterocycles. The first-order valence-corrected chi connectivity index (χ1v) is 9.26. The van der Waals surface area contributed by atoms with Crippen molar-refractivity contribution < 1.29 is 18.7 Å². The average Bonchev–Trinajstić information content (AvgIpc) is 3.35. The molecule has 9 heteroatoms. The fraction of sp³-hybridized carbons (Fsp3) is 0.200. The van der Waals surface area contributed by atoms with Gasteiger partial charge in [0.15, 0.2) is 0 Å². The van der Waals surface area contributed by atoms with Crippen LogP contribution in [-0.4, -0.2) is 35.7 Å². The maximum absolute atomic E-state index is 12.4. The first-order chi connectivity index (χ1) is 14.0. The monoisotopic (exact) mass is 412 g/mol. The van der Waals surface area contributed by atoms with Gasteiger partial charge in [0.2, 0.25) is 11.8 Å². The van der Waals surface area contributed by atoms with Gasteiger partial charge in [-0.05, 0) is 48.5 Å². The SMILES string of the molecule is COc1ccc(C(=O)Nc2nnc([C@H]3CC(=O)N(c4ccc(Cl)cc4)C3)o2)cc1. The van der Waals surface area contributed by atoms with Crippen LogP contribution in [0.1, 0.15) is 28.6 Å². The molecule has 0 unspecified atom stereocenters. The van der Waals surface area contributed by atoms with E-state index in [0.29, 0.717) is 28.8 Å². The highest BCUT2D eigenvalue weighted by atomic mass is 35.5. The Balaban J connectivity index is 1.42. The van der Waals surface area contributed by atoms with E-state index >= 15 is 0 Å². The maximum Gasteiger partial charge on any atom is 0.322 e. The number of benzene rings is 2. The second-order valence-corrected chi connectivity index (χ2v) is 6.95. The molecule has 0 bridgehead atoms. The zero-order valence-electron chi connectivity index (χ0n) is 15.5. The number of hydrogen-bond acceptors (Lipinski definition) is 6. The molecule has 1 N–H and O–H groups in total. The lowest BCUT2D eigenvalue weighted by Crippen LogP contribution is -2.24. The Morgan fingerprint density at radius 2 is 1.90 bits per heavy atom. The largest absolute Gasteiger partial charge is 0.497 e. The number of halogens is 1. The lowest BCUT2D eigenvalue weighted by Gasteiger charge is -2.16. The lowest BCUT2D eigenvalue weighted by molar-refractivity contribution is -0.117. The van der Waals surface area contributed by atoms with Gasteiger partial charge in [-0.3, -0.25) is 14.9 Å². The maximum atomic E-state index is 12.4. The number of carbonyl (C=O) groups is 2. The predicted octanol–water partition coefficient (Wildman–Crippen LogP) is 3.50. The van der Waals surface area contributed by atoms with Crippen LogP contribution in [-0.2, 0) is 4.79 Å². The predicted molar refractivity (Wildman–Crippen MR) is 106 cm³/mol. The summed E-state index contributed by atoms with van der Waals surface area (Å²) >= 11 is 5.91. The molecule has 1 aliphatic heterocycles. The molecule has 1 fully saturated rings. The van der Waals surface area contributed by atoms with Crippen LogP contribution in [0, 0.1) is 0 Å². The highest BCUT2D eigenvalue weighted by molar-refractivity contribution is 6.30. The molecule has 0 saturated carbocycles. The van der Waals surface area contributed by atoms with Gasteiger partial charge >= 0.3 is 6.01 Å². The zero-order valence-corrected chi connectivity index (χ0v) is 16.2. The van der Waals surface area contributed by atoms with Crippen molar-refractivity contribution in [3.63, 3.8) is 0 Å². The van der Waals surface area contributed by atoms with Crippen molar-refractivity contribution in [2.75, 3.05) is 23.9 Å². The molecule has 1 atom stereocenters. The van der Waals surface area contributed by atoms with Crippen LogP contribution in [0.5, 0.6) is 5.75 Å². The number of ether oxygens (including phenoxy) is 1. The number of methoxy groups -OCH3 is 1. The first kappa shape index (κ1) is 18.9. The van der Waals surface area contributed by atoms with Crippen LogP contribution >= 0.6 is 11.6 Å². The van der Waals surface area contributed by atoms with E-state index in [1.54, 1.807) is 60.5 Å². The Bertz CT molecular complexity index is 1030. The molecule has 2 amide bonds. The van der Waals surface area contributed by atoms with Crippen molar-refractivity contribution in [3.8, 4) is 5.75 Å². The summed E-state index contributed by atoms with van der Waals surface area (Å²) in [6.07, 6.45) is 0.247. The molecule has 1 saturated heterocycles. The molecule has 1 aromatic heterocycles. The van der Waals surface area contributed by atoms with Gasteiger partial charge in [-0.1, -0.05) is 16.7 Å². The summed E-state index contributed by atoms with van der Waals surface area (Å²) in [4.78, 5) is 26.3. The summed E-state index contributed by atoms with van der Waals surface area (Å²) in [6, 6.07) is 13.7. The van der Waals surface area contributed by atoms with Gasteiger partial charge in [-0.15, -0.1) is 5.10 Å². The molecular formula is C20H17ClN4O4. The molecular weight excluding hydrogens is 396 g/mol. The average molecular weight is 413 g/mol. The van der Waals surface area contributed by atoms with Crippen LogP contribution in [0.15, 0.2) is 52.9 Å². The van der Waals surface area contributed by atoms with Crippen molar-refractivity contribution in [1.82, 2.24) is 10.2 Å². The highest BCUT2D eigenvalue weighted by Crippen LogP contribution is 2.32. The number of nitrogens with one attached hydrogen (secondary N) is 1. The van der Waals surface area contributed by atoms with E-state index in [4.69, 9.17) is 20.8 Å². The molecule has 0 radical (unpaired) electrons. The summed E-state index contributed by atoms with van der Waals surface area (Å²) in [5.41, 5.74) is 1.19. The quantitative estimate of drug-likeness (QED) is 0.688. The third-order valence-corrected chi connectivity index (χ3v) is 4.88. The number of hydrogen-bond donors (Lipinski definition) is 1. The van der Waals surface area contributed by atoms with Gasteiger partial charge in [-0.25, -0.2) is 0 Å². The van der Waals surface area contributed by atoms with Crippen molar-refractivity contribution in [2.45, 2.75) is 12.3 Å². The molecule has 2 aromatic carbocycles. The van der Waals surface area contributed by atoms with Crippen LogP contribution in [0.25, 0.3) is 0 Å². The summed E-state index contributed by atoms with van der Waals surface area (Å²) in [5.74, 6) is 0.280. The Morgan fingerprint density at radius 3 is 2.59 bits per heavy atom. The van der Waals surface area contributed by atoms with Crippen molar-refractivity contribution in [2.24, 2.45) is 0 Å². The Hall–Kier alpha value is -3.39. The number of anilines is 2. The third kappa shape index (κ3) is 4.07. The van der Waals surface area contributed by atoms with Gasteiger partial charge in [0.1, 0.15) is 5.75 Å². The van der Waals surface area contributed by atoms with Gasteiger partial charge < -0.3 is 14.1 Å². The number of nitrogens with zero attached hydrogens (tertiary/aromatic N) is 3. The molecule has 3 aromatic rings. The van der Waals surface area contributed by atoms with E-state index in [9.17, 15) is 9.59 Å². The molecule has 4 rings (SSSR count). The summed E-state index contributed by atoms with van der Waals surface area (Å²) in [7, 11) is 1.55. The summed E-state index contributed by atoms with van der Waals surface area (Å²) in [6.45, 7) is 0.411. The van der Waals surface area contributed by atoms with Crippen molar-refractivity contribution in [3.05, 3.63) is 65.0 Å². The minimum Gasteiger partial charge on any atom is -0.497 e. The standard InChI is InChI=1S/C20H17ClN4O4/c1-28-16-8-2-12(3-9-16)18(27)22-20-24-23-19(29-20)13-10-17(26)25(11-13)15-6-4-14(21)5-7-15/h2-9,13H,10-11H2,1H3,(H,22,24,27)/t13-/m0/s1. The second kappa shape index (κ2) is 7.92. The van der Waals surface area contributed by atoms with Crippen molar-refractivity contribution >= 4 is 35.1 Å². The molecule has 0 aliphatic carbocycles. The van der Waals surface area contributed by atoms with Crippen LogP contribution < -0.4 is 15.0 Å². The Morgan fingerprint density at radius 1 is 1.17 bits per heavy atom. The fourth-order valence-electron chi connectivity index (χ4n) is 3.11. The number of aromatic nitrogens is 2. The molecule has 8 nitrogen and oxygen atoms in total. The van der Waals surface area contributed by atoms with E-state index < -0.39 is 0 Å². The van der Waals surface area contributed by atoms with Crippen molar-refractivity contribution in [1.29, 1.82) is 0 Å². The summed E-state index contributed by atoms with van der Waals surface area (Å²) < 4.78 is 10.6. The number of carbonyl (C=O) groups excluding carboxylic acids is 2. The van der Waals surface area contributed by atoms with Gasteiger partial charge in [0, 0.05) is 29.2 Å². The smallest absolute Gasteiger partial charge is 0.322 e. The van der Waals surface area contributed by atoms with Crippen LogP contribution in [0.4, 0.5) is 11.7 Å². The van der Waals surface area contributed by atoms with Gasteiger partial charge in [0.05, 0.1) is 13.0 Å². The molecule has 0 spiro atoms. The zero-order chi connectivity index (χ0) is 20.4. The highest BCUT2D eigenvalue weighted by Gasteiger charge is 2.35. The normalized spacial score (nSPS) is 16.1. The number of amides is 2. The number of rotatable bonds is 5. The van der Waals surface area contributed by atoms with E-state index in [0.717, 1.165) is 5.69 Å². The first-order valence-electron chi connectivity index (χ1n) is 8.88. The van der Waals surface area contributed by atoms with E-state index in [2.05, 4.69) is 15.5 Å². The second-order valence-electron chi connectivity index (χ2n) is 6.51. The minimum atomic E-state index is -0.381. The van der Waals surface area contributed by atoms with Crippen LogP contribution in [0.2, 0.25) is 5.02 Å². The summed E-state index contributed by atoms with van der Waals surface area (Å²) in [5, 5.41) is 11.0. The third-order valence-electron chi connectivity index (χ3n) is 4.63. The molecule has 29 heavy (non-hydrogen) atoms.